The van der Waals surface area contributed by atoms with Gasteiger partial charge in [-0.25, -0.2) is 9.48 Å². The van der Waals surface area contributed by atoms with E-state index in [0.717, 1.165) is 29.8 Å². The summed E-state index contributed by atoms with van der Waals surface area (Å²) < 4.78 is 2.03. The number of benzene rings is 2. The van der Waals surface area contributed by atoms with Crippen molar-refractivity contribution in [2.24, 2.45) is 0 Å². The number of aromatic carboxylic acids is 1. The maximum Gasteiger partial charge on any atom is 0.335 e. The summed E-state index contributed by atoms with van der Waals surface area (Å²) in [5, 5.41) is 14.5. The number of nitrogens with zero attached hydrogens (tertiary/aromatic N) is 3. The monoisotopic (exact) mass is 491 g/mol. The smallest absolute Gasteiger partial charge is 0.335 e. The second kappa shape index (κ2) is 8.41. The fraction of sp³-hybridized carbons (Fsp3) is 0.344. The lowest BCUT2D eigenvalue weighted by Crippen LogP contribution is -2.34. The summed E-state index contributed by atoms with van der Waals surface area (Å²) in [4.78, 5) is 15.7. The van der Waals surface area contributed by atoms with Crippen LogP contribution < -0.4 is 0 Å². The van der Waals surface area contributed by atoms with Gasteiger partial charge < -0.3 is 5.11 Å². The van der Waals surface area contributed by atoms with E-state index >= 15 is 0 Å². The minimum Gasteiger partial charge on any atom is -0.478 e. The number of aryl methyl sites for hydroxylation is 1. The molecule has 0 saturated heterocycles. The molecule has 0 aliphatic heterocycles. The fourth-order valence-electron chi connectivity index (χ4n) is 6.18. The van der Waals surface area contributed by atoms with E-state index in [-0.39, 0.29) is 16.4 Å². The fourth-order valence-corrected chi connectivity index (χ4v) is 6.18. The molecule has 37 heavy (non-hydrogen) atoms. The quantitative estimate of drug-likeness (QED) is 0.346. The lowest BCUT2D eigenvalue weighted by Gasteiger charge is -2.43. The molecule has 2 heterocycles. The van der Waals surface area contributed by atoms with Crippen molar-refractivity contribution in [3.63, 3.8) is 0 Å². The second-order valence-corrected chi connectivity index (χ2v) is 11.9. The normalized spacial score (nSPS) is 17.0. The molecule has 2 aromatic heterocycles. The van der Waals surface area contributed by atoms with E-state index < -0.39 is 5.97 Å². The number of carboxylic acid groups (broad SMARTS) is 1. The molecule has 5 nitrogen and oxygen atoms in total. The van der Waals surface area contributed by atoms with Crippen LogP contribution in [0.3, 0.4) is 0 Å². The molecule has 0 atom stereocenters. The molecule has 4 aromatic rings. The standard InChI is InChI=1S/C32H33N3O2/c1-31(2)13-14-32(3,4)26-18-24-22(17-25(26)31)9-12-28-29(24)27(16-20-6-5-15-33-19-20)34-35(28)23-10-7-21(8-11-23)30(36)37/h5-8,10-11,15,17-19H,9,12-14,16H2,1-4H3,(H,36,37). The van der Waals surface area contributed by atoms with Gasteiger partial charge in [-0.3, -0.25) is 4.98 Å². The minimum atomic E-state index is -0.921. The molecule has 0 bridgehead atoms. The Bertz CT molecular complexity index is 1510. The molecule has 0 spiro atoms. The van der Waals surface area contributed by atoms with E-state index in [1.807, 2.05) is 29.1 Å². The summed E-state index contributed by atoms with van der Waals surface area (Å²) in [6, 6.07) is 16.1. The largest absolute Gasteiger partial charge is 0.478 e. The lowest BCUT2D eigenvalue weighted by molar-refractivity contribution is 0.0697. The zero-order valence-electron chi connectivity index (χ0n) is 22.0. The first-order valence-corrected chi connectivity index (χ1v) is 13.2. The first-order valence-electron chi connectivity index (χ1n) is 13.2. The van der Waals surface area contributed by atoms with Gasteiger partial charge in [0.05, 0.1) is 22.6 Å². The average molecular weight is 492 g/mol. The van der Waals surface area contributed by atoms with Gasteiger partial charge in [-0.2, -0.15) is 5.10 Å². The van der Waals surface area contributed by atoms with Gasteiger partial charge in [-0.1, -0.05) is 39.8 Å². The number of carboxylic acids is 1. The summed E-state index contributed by atoms with van der Waals surface area (Å²) in [6.07, 6.45) is 8.65. The van der Waals surface area contributed by atoms with Gasteiger partial charge in [0.1, 0.15) is 0 Å². The minimum absolute atomic E-state index is 0.129. The van der Waals surface area contributed by atoms with Gasteiger partial charge in [-0.05, 0) is 101 Å². The maximum absolute atomic E-state index is 11.4. The zero-order valence-corrected chi connectivity index (χ0v) is 22.0. The van der Waals surface area contributed by atoms with Crippen LogP contribution in [-0.2, 0) is 30.1 Å². The van der Waals surface area contributed by atoms with E-state index in [9.17, 15) is 9.90 Å². The maximum atomic E-state index is 11.4. The summed E-state index contributed by atoms with van der Waals surface area (Å²) >= 11 is 0. The van der Waals surface area contributed by atoms with Crippen LogP contribution in [0.25, 0.3) is 16.8 Å². The van der Waals surface area contributed by atoms with E-state index in [2.05, 4.69) is 50.9 Å². The number of hydrogen-bond donors (Lipinski definition) is 1. The van der Waals surface area contributed by atoms with Crippen molar-refractivity contribution in [3.8, 4) is 16.8 Å². The molecule has 5 heteroatoms. The molecule has 2 aliphatic carbocycles. The average Bonchev–Trinajstić information content (AvgIpc) is 3.25. The topological polar surface area (TPSA) is 68.0 Å². The van der Waals surface area contributed by atoms with Gasteiger partial charge in [0.25, 0.3) is 0 Å². The summed E-state index contributed by atoms with van der Waals surface area (Å²) in [7, 11) is 0. The van der Waals surface area contributed by atoms with E-state index in [1.54, 1.807) is 18.3 Å². The van der Waals surface area contributed by atoms with Crippen molar-refractivity contribution in [2.75, 3.05) is 0 Å². The van der Waals surface area contributed by atoms with E-state index in [1.165, 1.54) is 46.4 Å². The SMILES string of the molecule is CC1(C)CCC(C)(C)c2cc3c(cc21)CCc1c-3c(Cc2cccnc2)nn1-c1ccc(C(=O)O)cc1. The Morgan fingerprint density at radius 2 is 1.68 bits per heavy atom. The molecule has 1 N–H and O–H groups in total. The lowest BCUT2D eigenvalue weighted by atomic mass is 9.62. The van der Waals surface area contributed by atoms with Crippen molar-refractivity contribution >= 4 is 5.97 Å². The highest BCUT2D eigenvalue weighted by Crippen LogP contribution is 2.49. The van der Waals surface area contributed by atoms with Crippen LogP contribution in [-0.4, -0.2) is 25.8 Å². The molecule has 6 rings (SSSR count). The zero-order chi connectivity index (χ0) is 25.9. The molecule has 2 aliphatic rings. The number of pyridine rings is 1. The molecule has 0 saturated carbocycles. The van der Waals surface area contributed by atoms with Crippen molar-refractivity contribution in [1.82, 2.24) is 14.8 Å². The first-order chi connectivity index (χ1) is 17.6. The third kappa shape index (κ3) is 3.97. The Labute approximate surface area is 218 Å². The van der Waals surface area contributed by atoms with E-state index in [4.69, 9.17) is 5.10 Å². The molecule has 0 radical (unpaired) electrons. The van der Waals surface area contributed by atoms with Crippen molar-refractivity contribution in [1.29, 1.82) is 0 Å². The summed E-state index contributed by atoms with van der Waals surface area (Å²) in [5.74, 6) is -0.921. The van der Waals surface area contributed by atoms with Crippen LogP contribution in [0.1, 0.15) is 84.5 Å². The highest BCUT2D eigenvalue weighted by atomic mass is 16.4. The third-order valence-corrected chi connectivity index (χ3v) is 8.48. The van der Waals surface area contributed by atoms with Crippen LogP contribution in [0.4, 0.5) is 0 Å². The molecular weight excluding hydrogens is 458 g/mol. The Morgan fingerprint density at radius 3 is 2.32 bits per heavy atom. The van der Waals surface area contributed by atoms with Gasteiger partial charge in [0.15, 0.2) is 0 Å². The summed E-state index contributed by atoms with van der Waals surface area (Å²) in [6.45, 7) is 9.52. The molecule has 0 fully saturated rings. The number of rotatable bonds is 4. The highest BCUT2D eigenvalue weighted by Gasteiger charge is 2.39. The van der Waals surface area contributed by atoms with Crippen LogP contribution in [0.15, 0.2) is 60.9 Å². The molecular formula is C32H33N3O2. The number of carbonyl (C=O) groups is 1. The Hall–Kier alpha value is -3.73. The van der Waals surface area contributed by atoms with Gasteiger partial charge in [-0.15, -0.1) is 0 Å². The first kappa shape index (κ1) is 23.7. The number of hydrogen-bond acceptors (Lipinski definition) is 3. The Kier molecular flexibility index (Phi) is 5.37. The predicted molar refractivity (Wildman–Crippen MR) is 146 cm³/mol. The van der Waals surface area contributed by atoms with Crippen molar-refractivity contribution < 1.29 is 9.90 Å². The predicted octanol–water partition coefficient (Wildman–Crippen LogP) is 6.67. The van der Waals surface area contributed by atoms with Crippen LogP contribution >= 0.6 is 0 Å². The van der Waals surface area contributed by atoms with Gasteiger partial charge in [0, 0.05) is 24.4 Å². The van der Waals surface area contributed by atoms with Crippen molar-refractivity contribution in [3.05, 3.63) is 100 Å². The molecule has 2 aromatic carbocycles. The summed E-state index contributed by atoms with van der Waals surface area (Å²) in [5.41, 5.74) is 11.7. The highest BCUT2D eigenvalue weighted by molar-refractivity contribution is 5.87. The number of fused-ring (bicyclic) bond motifs is 4. The van der Waals surface area contributed by atoms with Crippen LogP contribution in [0, 0.1) is 0 Å². The van der Waals surface area contributed by atoms with Crippen LogP contribution in [0.2, 0.25) is 0 Å². The molecule has 0 unspecified atom stereocenters. The van der Waals surface area contributed by atoms with Crippen LogP contribution in [0.5, 0.6) is 0 Å². The Morgan fingerprint density at radius 1 is 0.973 bits per heavy atom. The Balaban J connectivity index is 1.56. The molecule has 188 valence electrons. The second-order valence-electron chi connectivity index (χ2n) is 11.9. The number of aromatic nitrogens is 3. The third-order valence-electron chi connectivity index (χ3n) is 8.48. The van der Waals surface area contributed by atoms with Crippen molar-refractivity contribution in [2.45, 2.75) is 70.6 Å². The van der Waals surface area contributed by atoms with E-state index in [0.29, 0.717) is 6.42 Å². The molecule has 0 amide bonds. The van der Waals surface area contributed by atoms with Gasteiger partial charge >= 0.3 is 5.97 Å². The van der Waals surface area contributed by atoms with Gasteiger partial charge in [0.2, 0.25) is 0 Å².